The van der Waals surface area contributed by atoms with Gasteiger partial charge in [-0.05, 0) is 38.5 Å². The van der Waals surface area contributed by atoms with E-state index >= 15 is 0 Å². The van der Waals surface area contributed by atoms with E-state index in [0.29, 0.717) is 6.42 Å². The van der Waals surface area contributed by atoms with E-state index in [9.17, 15) is 13.2 Å². The molecular weight excluding hydrogens is 257 g/mol. The van der Waals surface area contributed by atoms with Gasteiger partial charge in [0.15, 0.2) is 0 Å². The Labute approximate surface area is 109 Å². The van der Waals surface area contributed by atoms with E-state index in [-0.39, 0.29) is 12.3 Å². The summed E-state index contributed by atoms with van der Waals surface area (Å²) in [6.07, 6.45) is -4.17. The minimum Gasteiger partial charge on any atom is -0.396 e. The Morgan fingerprint density at radius 3 is 2.42 bits per heavy atom. The summed E-state index contributed by atoms with van der Waals surface area (Å²) in [7, 11) is 0. The van der Waals surface area contributed by atoms with Crippen LogP contribution in [0.15, 0.2) is 18.2 Å². The summed E-state index contributed by atoms with van der Waals surface area (Å²) in [4.78, 5) is 0. The van der Waals surface area contributed by atoms with Crippen LogP contribution in [0.4, 0.5) is 18.9 Å². The fraction of sp³-hybridized carbons (Fsp3) is 0.462. The standard InChI is InChI=1S/C13H15F3N2O/c1-12(2,5-6-19)18-10-4-3-9(8-17)11(7-10)13(14,15)16/h3-4,7,18-19H,5-6H2,1-2H3. The zero-order chi connectivity index (χ0) is 14.7. The second-order valence-corrected chi connectivity index (χ2v) is 4.85. The van der Waals surface area contributed by atoms with Crippen molar-refractivity contribution in [1.82, 2.24) is 0 Å². The highest BCUT2D eigenvalue weighted by Gasteiger charge is 2.34. The highest BCUT2D eigenvalue weighted by Crippen LogP contribution is 2.34. The molecule has 104 valence electrons. The highest BCUT2D eigenvalue weighted by molar-refractivity contribution is 5.54. The average Bonchev–Trinajstić information content (AvgIpc) is 2.27. The van der Waals surface area contributed by atoms with Crippen LogP contribution in [0.2, 0.25) is 0 Å². The van der Waals surface area contributed by atoms with Gasteiger partial charge in [-0.3, -0.25) is 0 Å². The molecule has 0 radical (unpaired) electrons. The lowest BCUT2D eigenvalue weighted by molar-refractivity contribution is -0.137. The van der Waals surface area contributed by atoms with Crippen LogP contribution in [0, 0.1) is 11.3 Å². The van der Waals surface area contributed by atoms with Gasteiger partial charge in [0.2, 0.25) is 0 Å². The van der Waals surface area contributed by atoms with Crippen molar-refractivity contribution in [2.45, 2.75) is 32.0 Å². The fourth-order valence-electron chi connectivity index (χ4n) is 1.69. The van der Waals surface area contributed by atoms with Crippen molar-refractivity contribution in [3.63, 3.8) is 0 Å². The molecule has 6 heteroatoms. The number of nitrogens with zero attached hydrogens (tertiary/aromatic N) is 1. The molecule has 2 N–H and O–H groups in total. The molecule has 0 aromatic heterocycles. The van der Waals surface area contributed by atoms with Crippen LogP contribution in [0.3, 0.4) is 0 Å². The molecule has 0 aliphatic heterocycles. The van der Waals surface area contributed by atoms with Crippen molar-refractivity contribution >= 4 is 5.69 Å². The van der Waals surface area contributed by atoms with E-state index in [0.717, 1.165) is 12.1 Å². The summed E-state index contributed by atoms with van der Waals surface area (Å²) in [5.74, 6) is 0. The number of aliphatic hydroxyl groups is 1. The second-order valence-electron chi connectivity index (χ2n) is 4.85. The van der Waals surface area contributed by atoms with Crippen molar-refractivity contribution in [1.29, 1.82) is 5.26 Å². The molecule has 0 bridgehead atoms. The zero-order valence-electron chi connectivity index (χ0n) is 10.7. The molecule has 0 aliphatic rings. The topological polar surface area (TPSA) is 56.0 Å². The van der Waals surface area contributed by atoms with Crippen molar-refractivity contribution in [3.05, 3.63) is 29.3 Å². The smallest absolute Gasteiger partial charge is 0.396 e. The quantitative estimate of drug-likeness (QED) is 0.885. The summed E-state index contributed by atoms with van der Waals surface area (Å²) in [6.45, 7) is 3.48. The Morgan fingerprint density at radius 2 is 1.95 bits per heavy atom. The summed E-state index contributed by atoms with van der Waals surface area (Å²) >= 11 is 0. The Bertz CT molecular complexity index is 490. The molecule has 0 saturated heterocycles. The predicted octanol–water partition coefficient (Wildman–Crippen LogP) is 3.15. The number of rotatable bonds is 4. The molecule has 0 aliphatic carbocycles. The number of halogens is 3. The molecule has 3 nitrogen and oxygen atoms in total. The van der Waals surface area contributed by atoms with E-state index in [2.05, 4.69) is 5.32 Å². The maximum Gasteiger partial charge on any atom is 0.417 e. The summed E-state index contributed by atoms with van der Waals surface area (Å²) in [5, 5.41) is 20.5. The largest absolute Gasteiger partial charge is 0.417 e. The molecule has 19 heavy (non-hydrogen) atoms. The number of anilines is 1. The van der Waals surface area contributed by atoms with Crippen LogP contribution >= 0.6 is 0 Å². The number of hydrogen-bond donors (Lipinski definition) is 2. The molecule has 0 saturated carbocycles. The maximum absolute atomic E-state index is 12.8. The van der Waals surface area contributed by atoms with Crippen LogP contribution in [-0.4, -0.2) is 17.3 Å². The van der Waals surface area contributed by atoms with Gasteiger partial charge in [0.05, 0.1) is 17.2 Å². The third-order valence-electron chi connectivity index (χ3n) is 2.66. The van der Waals surface area contributed by atoms with Crippen LogP contribution in [0.1, 0.15) is 31.4 Å². The highest BCUT2D eigenvalue weighted by atomic mass is 19.4. The molecule has 0 heterocycles. The molecule has 0 amide bonds. The number of aliphatic hydroxyl groups excluding tert-OH is 1. The lowest BCUT2D eigenvalue weighted by atomic mass is 9.99. The Hall–Kier alpha value is -1.74. The van der Waals surface area contributed by atoms with Crippen LogP contribution in [-0.2, 0) is 6.18 Å². The summed E-state index contributed by atoms with van der Waals surface area (Å²) in [5.41, 5.74) is -1.63. The number of nitriles is 1. The van der Waals surface area contributed by atoms with Gasteiger partial charge in [-0.1, -0.05) is 0 Å². The van der Waals surface area contributed by atoms with E-state index in [1.807, 2.05) is 0 Å². The Kier molecular flexibility index (Phi) is 4.43. The molecule has 1 aromatic carbocycles. The lowest BCUT2D eigenvalue weighted by Gasteiger charge is -2.27. The number of hydrogen-bond acceptors (Lipinski definition) is 3. The minimum atomic E-state index is -4.57. The molecule has 1 rings (SSSR count). The first-order chi connectivity index (χ1) is 8.69. The maximum atomic E-state index is 12.8. The monoisotopic (exact) mass is 272 g/mol. The van der Waals surface area contributed by atoms with Gasteiger partial charge in [0.1, 0.15) is 0 Å². The minimum absolute atomic E-state index is 0.0671. The molecule has 0 atom stereocenters. The van der Waals surface area contributed by atoms with Gasteiger partial charge in [-0.2, -0.15) is 18.4 Å². The van der Waals surface area contributed by atoms with Gasteiger partial charge in [0.25, 0.3) is 0 Å². The molecule has 0 spiro atoms. The zero-order valence-corrected chi connectivity index (χ0v) is 10.7. The first-order valence-corrected chi connectivity index (χ1v) is 5.70. The van der Waals surface area contributed by atoms with Crippen molar-refractivity contribution in [2.75, 3.05) is 11.9 Å². The van der Waals surface area contributed by atoms with Gasteiger partial charge < -0.3 is 10.4 Å². The van der Waals surface area contributed by atoms with E-state index in [1.54, 1.807) is 13.8 Å². The van der Waals surface area contributed by atoms with Gasteiger partial charge in [-0.25, -0.2) is 0 Å². The first kappa shape index (κ1) is 15.3. The Morgan fingerprint density at radius 1 is 1.32 bits per heavy atom. The van der Waals surface area contributed by atoms with Gasteiger partial charge >= 0.3 is 6.18 Å². The fourth-order valence-corrected chi connectivity index (χ4v) is 1.69. The normalized spacial score (nSPS) is 12.1. The van der Waals surface area contributed by atoms with Crippen LogP contribution in [0.5, 0.6) is 0 Å². The number of nitrogens with one attached hydrogen (secondary N) is 1. The average molecular weight is 272 g/mol. The molecule has 0 fully saturated rings. The van der Waals surface area contributed by atoms with Gasteiger partial charge in [-0.15, -0.1) is 0 Å². The molecular formula is C13H15F3N2O. The SMILES string of the molecule is CC(C)(CCO)Nc1ccc(C#N)c(C(F)(F)F)c1. The number of alkyl halides is 3. The van der Waals surface area contributed by atoms with Gasteiger partial charge in [0, 0.05) is 17.8 Å². The summed E-state index contributed by atoms with van der Waals surface area (Å²) < 4.78 is 38.3. The van der Waals surface area contributed by atoms with Crippen LogP contribution < -0.4 is 5.32 Å². The molecule has 1 aromatic rings. The first-order valence-electron chi connectivity index (χ1n) is 5.70. The van der Waals surface area contributed by atoms with E-state index in [4.69, 9.17) is 10.4 Å². The lowest BCUT2D eigenvalue weighted by Crippen LogP contribution is -2.32. The van der Waals surface area contributed by atoms with Crippen molar-refractivity contribution < 1.29 is 18.3 Å². The van der Waals surface area contributed by atoms with Crippen LogP contribution in [0.25, 0.3) is 0 Å². The van der Waals surface area contributed by atoms with E-state index in [1.165, 1.54) is 12.1 Å². The Balaban J connectivity index is 3.10. The predicted molar refractivity (Wildman–Crippen MR) is 65.6 cm³/mol. The second kappa shape index (κ2) is 5.49. The molecule has 0 unspecified atom stereocenters. The van der Waals surface area contributed by atoms with E-state index < -0.39 is 22.8 Å². The third kappa shape index (κ3) is 4.14. The van der Waals surface area contributed by atoms with Crippen molar-refractivity contribution in [3.8, 4) is 6.07 Å². The third-order valence-corrected chi connectivity index (χ3v) is 2.66. The van der Waals surface area contributed by atoms with Crippen molar-refractivity contribution in [2.24, 2.45) is 0 Å². The summed E-state index contributed by atoms with van der Waals surface area (Å²) in [6, 6.07) is 5.01. The number of benzene rings is 1.